The molecule has 0 saturated heterocycles. The molecule has 0 aliphatic heterocycles. The van der Waals surface area contributed by atoms with Gasteiger partial charge in [-0.05, 0) is 36.1 Å². The molecule has 2 N–H and O–H groups in total. The maximum absolute atomic E-state index is 14.1. The van der Waals surface area contributed by atoms with Crippen LogP contribution >= 0.6 is 0 Å². The second-order valence-corrected chi connectivity index (χ2v) is 9.15. The van der Waals surface area contributed by atoms with Crippen LogP contribution in [-0.2, 0) is 27.5 Å². The van der Waals surface area contributed by atoms with Crippen LogP contribution in [0.3, 0.4) is 0 Å². The third-order valence-electron chi connectivity index (χ3n) is 4.74. The molecular formula is C21H22F5N3O3S. The molecule has 1 amide bonds. The molecule has 1 heterocycles. The largest absolute Gasteiger partial charge is 0.433 e. The summed E-state index contributed by atoms with van der Waals surface area (Å²) < 4.78 is 91.5. The molecule has 12 heteroatoms. The lowest BCUT2D eigenvalue weighted by atomic mass is 9.94. The Kier molecular flexibility index (Phi) is 7.83. The van der Waals surface area contributed by atoms with E-state index in [9.17, 15) is 35.2 Å². The molecule has 0 bridgehead atoms. The van der Waals surface area contributed by atoms with Crippen LogP contribution in [0.1, 0.15) is 48.7 Å². The summed E-state index contributed by atoms with van der Waals surface area (Å²) in [6, 6.07) is 3.54. The summed E-state index contributed by atoms with van der Waals surface area (Å²) in [5.41, 5.74) is -1.95. The average molecular weight is 491 g/mol. The van der Waals surface area contributed by atoms with E-state index < -0.39 is 51.0 Å². The van der Waals surface area contributed by atoms with Gasteiger partial charge in [0, 0.05) is 17.7 Å². The van der Waals surface area contributed by atoms with E-state index in [1.807, 2.05) is 0 Å². The zero-order valence-electron chi connectivity index (χ0n) is 18.0. The Morgan fingerprint density at radius 2 is 1.76 bits per heavy atom. The van der Waals surface area contributed by atoms with Crippen molar-refractivity contribution in [2.45, 2.75) is 38.9 Å². The molecule has 0 aliphatic carbocycles. The van der Waals surface area contributed by atoms with Gasteiger partial charge >= 0.3 is 6.18 Å². The number of rotatable bonds is 8. The lowest BCUT2D eigenvalue weighted by molar-refractivity contribution is -0.141. The molecule has 0 fully saturated rings. The molecule has 2 aromatic rings. The van der Waals surface area contributed by atoms with Crippen LogP contribution in [0.15, 0.2) is 30.8 Å². The summed E-state index contributed by atoms with van der Waals surface area (Å²) in [6.07, 6.45) is -3.46. The molecule has 2 rings (SSSR count). The molecule has 0 saturated carbocycles. The number of nitrogens with zero attached hydrogens (tertiary/aromatic N) is 1. The number of amides is 1. The number of alkyl halides is 3. The Balaban J connectivity index is 2.24. The van der Waals surface area contributed by atoms with Crippen molar-refractivity contribution in [1.82, 2.24) is 10.3 Å². The molecule has 1 aromatic heterocycles. The summed E-state index contributed by atoms with van der Waals surface area (Å²) in [5.74, 6) is -3.55. The highest BCUT2D eigenvalue weighted by molar-refractivity contribution is 7.92. The summed E-state index contributed by atoms with van der Waals surface area (Å²) in [5, 5.41) is 2.39. The fraction of sp³-hybridized carbons (Fsp3) is 0.333. The van der Waals surface area contributed by atoms with Crippen molar-refractivity contribution in [3.63, 3.8) is 0 Å². The number of sulfonamides is 1. The molecule has 6 nitrogen and oxygen atoms in total. The van der Waals surface area contributed by atoms with Gasteiger partial charge in [-0.1, -0.05) is 26.5 Å². The first kappa shape index (κ1) is 26.2. The fourth-order valence-electron chi connectivity index (χ4n) is 2.88. The van der Waals surface area contributed by atoms with E-state index >= 15 is 0 Å². The smallest absolute Gasteiger partial charge is 0.348 e. The maximum Gasteiger partial charge on any atom is 0.433 e. The Labute approximate surface area is 188 Å². The highest BCUT2D eigenvalue weighted by atomic mass is 32.2. The van der Waals surface area contributed by atoms with E-state index in [0.29, 0.717) is 6.42 Å². The first-order valence-electron chi connectivity index (χ1n) is 9.65. The molecule has 1 atom stereocenters. The van der Waals surface area contributed by atoms with Crippen molar-refractivity contribution in [1.29, 1.82) is 0 Å². The number of hydrogen-bond acceptors (Lipinski definition) is 4. The van der Waals surface area contributed by atoms with Crippen molar-refractivity contribution < 1.29 is 35.2 Å². The Hall–Kier alpha value is -3.02. The number of anilines is 1. The highest BCUT2D eigenvalue weighted by Crippen LogP contribution is 2.32. The second kappa shape index (κ2) is 9.86. The Morgan fingerprint density at radius 3 is 2.24 bits per heavy atom. The molecular weight excluding hydrogens is 469 g/mol. The predicted molar refractivity (Wildman–Crippen MR) is 114 cm³/mol. The molecule has 0 radical (unpaired) electrons. The lowest BCUT2D eigenvalue weighted by Gasteiger charge is -2.18. The van der Waals surface area contributed by atoms with Gasteiger partial charge in [0.25, 0.3) is 5.91 Å². The fourth-order valence-corrected chi connectivity index (χ4v) is 3.44. The summed E-state index contributed by atoms with van der Waals surface area (Å²) in [6.45, 7) is 6.70. The number of halogens is 5. The van der Waals surface area contributed by atoms with E-state index in [1.165, 1.54) is 0 Å². The summed E-state index contributed by atoms with van der Waals surface area (Å²) >= 11 is 0. The van der Waals surface area contributed by atoms with Crippen molar-refractivity contribution in [2.24, 2.45) is 0 Å². The topological polar surface area (TPSA) is 88.2 Å². The van der Waals surface area contributed by atoms with E-state index in [1.54, 1.807) is 18.6 Å². The van der Waals surface area contributed by atoms with Gasteiger partial charge in [-0.25, -0.2) is 22.2 Å². The predicted octanol–water partition coefficient (Wildman–Crippen LogP) is 4.59. The van der Waals surface area contributed by atoms with Gasteiger partial charge in [0.2, 0.25) is 10.0 Å². The number of aromatic nitrogens is 1. The zero-order valence-corrected chi connectivity index (χ0v) is 18.8. The first-order valence-corrected chi connectivity index (χ1v) is 11.5. The SMILES string of the molecule is C=C(C(=O)NCc1cc(F)c(NS(C)(=O)=O)c(F)c1)c1ccc(C(F)(F)F)nc1C(C)CC. The minimum absolute atomic E-state index is 0.0158. The van der Waals surface area contributed by atoms with Crippen LogP contribution in [0.2, 0.25) is 0 Å². The Morgan fingerprint density at radius 1 is 1.18 bits per heavy atom. The van der Waals surface area contributed by atoms with Gasteiger partial charge in [0.15, 0.2) is 11.6 Å². The third-order valence-corrected chi connectivity index (χ3v) is 5.31. The molecule has 0 aliphatic rings. The molecule has 1 aromatic carbocycles. The van der Waals surface area contributed by atoms with Gasteiger partial charge in [-0.2, -0.15) is 13.2 Å². The van der Waals surface area contributed by atoms with Crippen LogP contribution in [0.4, 0.5) is 27.6 Å². The first-order chi connectivity index (χ1) is 15.1. The van der Waals surface area contributed by atoms with Crippen molar-refractivity contribution in [3.8, 4) is 0 Å². The Bertz CT molecular complexity index is 1160. The molecule has 1 unspecified atom stereocenters. The third kappa shape index (κ3) is 6.73. The lowest BCUT2D eigenvalue weighted by Crippen LogP contribution is -2.25. The van der Waals surface area contributed by atoms with Crippen molar-refractivity contribution in [2.75, 3.05) is 11.0 Å². The molecule has 33 heavy (non-hydrogen) atoms. The van der Waals surface area contributed by atoms with Crippen molar-refractivity contribution in [3.05, 3.63) is 65.0 Å². The van der Waals surface area contributed by atoms with E-state index in [-0.39, 0.29) is 28.9 Å². The van der Waals surface area contributed by atoms with Crippen molar-refractivity contribution >= 4 is 27.2 Å². The molecule has 0 spiro atoms. The van der Waals surface area contributed by atoms with E-state index in [2.05, 4.69) is 16.9 Å². The highest BCUT2D eigenvalue weighted by Gasteiger charge is 2.34. The van der Waals surface area contributed by atoms with Gasteiger partial charge in [-0.15, -0.1) is 0 Å². The van der Waals surface area contributed by atoms with Crippen LogP contribution in [0, 0.1) is 11.6 Å². The van der Waals surface area contributed by atoms with Gasteiger partial charge in [-0.3, -0.25) is 9.52 Å². The van der Waals surface area contributed by atoms with Gasteiger partial charge < -0.3 is 5.32 Å². The molecule has 180 valence electrons. The second-order valence-electron chi connectivity index (χ2n) is 7.41. The maximum atomic E-state index is 14.1. The average Bonchev–Trinajstić information content (AvgIpc) is 2.71. The van der Waals surface area contributed by atoms with E-state index in [4.69, 9.17) is 0 Å². The van der Waals surface area contributed by atoms with Crippen LogP contribution in [0.25, 0.3) is 5.57 Å². The number of hydrogen-bond donors (Lipinski definition) is 2. The number of nitrogens with one attached hydrogen (secondary N) is 2. The van der Waals surface area contributed by atoms with Crippen LogP contribution in [-0.4, -0.2) is 25.6 Å². The van der Waals surface area contributed by atoms with Crippen LogP contribution in [0.5, 0.6) is 0 Å². The monoisotopic (exact) mass is 491 g/mol. The van der Waals surface area contributed by atoms with Crippen LogP contribution < -0.4 is 10.0 Å². The van der Waals surface area contributed by atoms with E-state index in [0.717, 1.165) is 30.5 Å². The van der Waals surface area contributed by atoms with Gasteiger partial charge in [0.05, 0.1) is 11.9 Å². The number of benzene rings is 1. The normalized spacial score (nSPS) is 12.8. The summed E-state index contributed by atoms with van der Waals surface area (Å²) in [7, 11) is -3.92. The number of carbonyl (C=O) groups is 1. The number of carbonyl (C=O) groups excluding carboxylic acids is 1. The van der Waals surface area contributed by atoms with Gasteiger partial charge in [0.1, 0.15) is 11.4 Å². The zero-order chi connectivity index (χ0) is 25.1. The summed E-state index contributed by atoms with van der Waals surface area (Å²) in [4.78, 5) is 16.2. The standard InChI is InChI=1S/C21H22F5N3O3S/c1-5-11(2)18-14(6-7-17(28-18)21(24,25)26)12(3)20(30)27-10-13-8-15(22)19(16(23)9-13)29-33(4,31)32/h6-9,11,29H,3,5,10H2,1-2,4H3,(H,27,30). The quantitative estimate of drug-likeness (QED) is 0.418. The minimum Gasteiger partial charge on any atom is -0.348 e. The number of pyridine rings is 1. The minimum atomic E-state index is -4.66.